The van der Waals surface area contributed by atoms with Gasteiger partial charge in [-0.1, -0.05) is 39.5 Å². The molecular formula is C17H32N2O5. The standard InChI is InChI=1S/C17H32N2O5/c1-5-7-8-9-10-12-23-16(21)14-18(3)15(20)13-19(4)17(22)24-11-6-2/h5-14H2,1-4H3. The van der Waals surface area contributed by atoms with Gasteiger partial charge in [0.2, 0.25) is 5.91 Å². The second-order valence-corrected chi connectivity index (χ2v) is 5.85. The Morgan fingerprint density at radius 3 is 2.04 bits per heavy atom. The Morgan fingerprint density at radius 2 is 1.42 bits per heavy atom. The maximum absolute atomic E-state index is 12.0. The lowest BCUT2D eigenvalue weighted by Crippen LogP contribution is -2.41. The molecule has 0 spiro atoms. The Balaban J connectivity index is 3.95. The lowest BCUT2D eigenvalue weighted by Gasteiger charge is -2.21. The van der Waals surface area contributed by atoms with Crippen molar-refractivity contribution < 1.29 is 23.9 Å². The molecule has 0 atom stereocenters. The number of esters is 1. The molecular weight excluding hydrogens is 312 g/mol. The molecule has 0 saturated heterocycles. The van der Waals surface area contributed by atoms with E-state index in [2.05, 4.69) is 6.92 Å². The van der Waals surface area contributed by atoms with Crippen molar-refractivity contribution in [3.8, 4) is 0 Å². The summed E-state index contributed by atoms with van der Waals surface area (Å²) in [4.78, 5) is 37.7. The number of ether oxygens (including phenoxy) is 2. The summed E-state index contributed by atoms with van der Waals surface area (Å²) in [5.41, 5.74) is 0. The molecule has 0 rings (SSSR count). The highest BCUT2D eigenvalue weighted by Gasteiger charge is 2.19. The monoisotopic (exact) mass is 344 g/mol. The molecule has 0 aliphatic carbocycles. The second kappa shape index (κ2) is 13.6. The molecule has 0 aromatic carbocycles. The van der Waals surface area contributed by atoms with E-state index < -0.39 is 12.1 Å². The molecule has 0 unspecified atom stereocenters. The van der Waals surface area contributed by atoms with Crippen molar-refractivity contribution in [1.29, 1.82) is 0 Å². The zero-order chi connectivity index (χ0) is 18.4. The first-order valence-electron chi connectivity index (χ1n) is 8.69. The van der Waals surface area contributed by atoms with Crippen LogP contribution in [0.25, 0.3) is 0 Å². The minimum atomic E-state index is -0.548. The number of unbranched alkanes of at least 4 members (excludes halogenated alkanes) is 4. The molecule has 0 aliphatic heterocycles. The second-order valence-electron chi connectivity index (χ2n) is 5.85. The maximum Gasteiger partial charge on any atom is 0.409 e. The molecule has 7 heteroatoms. The molecule has 0 aliphatic rings. The number of amides is 2. The van der Waals surface area contributed by atoms with Gasteiger partial charge < -0.3 is 19.3 Å². The van der Waals surface area contributed by atoms with Gasteiger partial charge in [0.25, 0.3) is 0 Å². The Labute approximate surface area is 145 Å². The molecule has 0 heterocycles. The molecule has 24 heavy (non-hydrogen) atoms. The predicted octanol–water partition coefficient (Wildman–Crippen LogP) is 2.44. The summed E-state index contributed by atoms with van der Waals surface area (Å²) in [6.45, 7) is 4.48. The Kier molecular flexibility index (Phi) is 12.6. The van der Waals surface area contributed by atoms with Gasteiger partial charge >= 0.3 is 12.1 Å². The van der Waals surface area contributed by atoms with Crippen LogP contribution in [0.4, 0.5) is 4.79 Å². The number of likely N-dealkylation sites (N-methyl/N-ethyl adjacent to an activating group) is 2. The van der Waals surface area contributed by atoms with Gasteiger partial charge in [-0.2, -0.15) is 0 Å². The molecule has 7 nitrogen and oxygen atoms in total. The van der Waals surface area contributed by atoms with Crippen LogP contribution in [0.1, 0.15) is 52.4 Å². The Hall–Kier alpha value is -1.79. The van der Waals surface area contributed by atoms with Crippen LogP contribution in [0.15, 0.2) is 0 Å². The van der Waals surface area contributed by atoms with E-state index in [1.165, 1.54) is 36.7 Å². The Morgan fingerprint density at radius 1 is 0.750 bits per heavy atom. The quantitative estimate of drug-likeness (QED) is 0.401. The van der Waals surface area contributed by atoms with Gasteiger partial charge in [-0.15, -0.1) is 0 Å². The molecule has 2 amide bonds. The maximum atomic E-state index is 12.0. The van der Waals surface area contributed by atoms with E-state index in [0.29, 0.717) is 13.2 Å². The number of rotatable bonds is 12. The highest BCUT2D eigenvalue weighted by molar-refractivity contribution is 5.85. The van der Waals surface area contributed by atoms with Gasteiger partial charge in [0.05, 0.1) is 13.2 Å². The van der Waals surface area contributed by atoms with Crippen molar-refractivity contribution in [3.63, 3.8) is 0 Å². The van der Waals surface area contributed by atoms with E-state index >= 15 is 0 Å². The van der Waals surface area contributed by atoms with E-state index in [-0.39, 0.29) is 19.0 Å². The van der Waals surface area contributed by atoms with Crippen LogP contribution in [-0.2, 0) is 19.1 Å². The molecule has 0 aromatic rings. The highest BCUT2D eigenvalue weighted by atomic mass is 16.6. The number of carbonyl (C=O) groups is 3. The molecule has 0 saturated carbocycles. The van der Waals surface area contributed by atoms with E-state index in [9.17, 15) is 14.4 Å². The largest absolute Gasteiger partial charge is 0.464 e. The molecule has 0 radical (unpaired) electrons. The van der Waals surface area contributed by atoms with Gasteiger partial charge in [-0.25, -0.2) is 4.79 Å². The zero-order valence-corrected chi connectivity index (χ0v) is 15.5. The summed E-state index contributed by atoms with van der Waals surface area (Å²) in [6.07, 6.45) is 5.57. The summed E-state index contributed by atoms with van der Waals surface area (Å²) in [6, 6.07) is 0. The minimum absolute atomic E-state index is 0.119. The fourth-order valence-corrected chi connectivity index (χ4v) is 1.91. The summed E-state index contributed by atoms with van der Waals surface area (Å²) in [5, 5.41) is 0. The third-order valence-electron chi connectivity index (χ3n) is 3.42. The predicted molar refractivity (Wildman–Crippen MR) is 91.6 cm³/mol. The zero-order valence-electron chi connectivity index (χ0n) is 15.5. The summed E-state index contributed by atoms with van der Waals surface area (Å²) in [7, 11) is 2.99. The van der Waals surface area contributed by atoms with Crippen molar-refractivity contribution in [2.24, 2.45) is 0 Å². The van der Waals surface area contributed by atoms with Crippen LogP contribution in [0.5, 0.6) is 0 Å². The van der Waals surface area contributed by atoms with E-state index in [1.807, 2.05) is 6.92 Å². The van der Waals surface area contributed by atoms with E-state index in [1.54, 1.807) is 0 Å². The van der Waals surface area contributed by atoms with Crippen LogP contribution >= 0.6 is 0 Å². The summed E-state index contributed by atoms with van der Waals surface area (Å²) >= 11 is 0. The lowest BCUT2D eigenvalue weighted by atomic mass is 10.2. The molecule has 0 N–H and O–H groups in total. The van der Waals surface area contributed by atoms with Gasteiger partial charge in [-0.05, 0) is 12.8 Å². The summed E-state index contributed by atoms with van der Waals surface area (Å²) < 4.78 is 10.0. The first-order chi connectivity index (χ1) is 11.4. The van der Waals surface area contributed by atoms with Crippen LogP contribution < -0.4 is 0 Å². The van der Waals surface area contributed by atoms with E-state index in [0.717, 1.165) is 25.7 Å². The average Bonchev–Trinajstić information content (AvgIpc) is 2.55. The SMILES string of the molecule is CCCCCCCOC(=O)CN(C)C(=O)CN(C)C(=O)OCCC. The fourth-order valence-electron chi connectivity index (χ4n) is 1.91. The molecule has 140 valence electrons. The van der Waals surface area contributed by atoms with Crippen LogP contribution in [0.2, 0.25) is 0 Å². The average molecular weight is 344 g/mol. The molecule has 0 aromatic heterocycles. The number of hydrogen-bond donors (Lipinski definition) is 0. The van der Waals surface area contributed by atoms with Crippen molar-refractivity contribution in [3.05, 3.63) is 0 Å². The third kappa shape index (κ3) is 10.9. The van der Waals surface area contributed by atoms with Crippen molar-refractivity contribution >= 4 is 18.0 Å². The van der Waals surface area contributed by atoms with Crippen molar-refractivity contribution in [2.75, 3.05) is 40.4 Å². The van der Waals surface area contributed by atoms with E-state index in [4.69, 9.17) is 9.47 Å². The Bertz CT molecular complexity index is 387. The highest BCUT2D eigenvalue weighted by Crippen LogP contribution is 2.02. The minimum Gasteiger partial charge on any atom is -0.464 e. The topological polar surface area (TPSA) is 76.2 Å². The first kappa shape index (κ1) is 22.2. The van der Waals surface area contributed by atoms with Crippen molar-refractivity contribution in [2.45, 2.75) is 52.4 Å². The molecule has 0 fully saturated rings. The number of carbonyl (C=O) groups excluding carboxylic acids is 3. The molecule has 0 bridgehead atoms. The van der Waals surface area contributed by atoms with Gasteiger partial charge in [-0.3, -0.25) is 9.59 Å². The van der Waals surface area contributed by atoms with Gasteiger partial charge in [0.1, 0.15) is 13.1 Å². The van der Waals surface area contributed by atoms with Crippen molar-refractivity contribution in [1.82, 2.24) is 9.80 Å². The van der Waals surface area contributed by atoms with Gasteiger partial charge in [0, 0.05) is 14.1 Å². The number of hydrogen-bond acceptors (Lipinski definition) is 5. The summed E-state index contributed by atoms with van der Waals surface area (Å²) in [5.74, 6) is -0.775. The number of nitrogens with zero attached hydrogens (tertiary/aromatic N) is 2. The normalized spacial score (nSPS) is 10.2. The smallest absolute Gasteiger partial charge is 0.409 e. The van der Waals surface area contributed by atoms with Crippen LogP contribution in [0, 0.1) is 0 Å². The van der Waals surface area contributed by atoms with Gasteiger partial charge in [0.15, 0.2) is 0 Å². The first-order valence-corrected chi connectivity index (χ1v) is 8.69. The fraction of sp³-hybridized carbons (Fsp3) is 0.824. The van der Waals surface area contributed by atoms with Crippen LogP contribution in [-0.4, -0.2) is 68.2 Å². The van der Waals surface area contributed by atoms with Crippen LogP contribution in [0.3, 0.4) is 0 Å². The lowest BCUT2D eigenvalue weighted by molar-refractivity contribution is -0.148. The third-order valence-corrected chi connectivity index (χ3v) is 3.42.